The van der Waals surface area contributed by atoms with Crippen LogP contribution >= 0.6 is 0 Å². The molecule has 0 unspecified atom stereocenters. The maximum atomic E-state index is 12.6. The number of methoxy groups -OCH3 is 2. The Morgan fingerprint density at radius 1 is 1.00 bits per heavy atom. The van der Waals surface area contributed by atoms with Crippen molar-refractivity contribution in [2.24, 2.45) is 0 Å². The highest BCUT2D eigenvalue weighted by Gasteiger charge is 2.20. The van der Waals surface area contributed by atoms with Gasteiger partial charge in [-0.25, -0.2) is 26.4 Å². The second-order valence-electron chi connectivity index (χ2n) is 6.69. The summed E-state index contributed by atoms with van der Waals surface area (Å²) in [7, 11) is -5.13. The van der Waals surface area contributed by atoms with Gasteiger partial charge in [0.1, 0.15) is 5.75 Å². The number of rotatable bonds is 9. The summed E-state index contributed by atoms with van der Waals surface area (Å²) >= 11 is 0. The van der Waals surface area contributed by atoms with Gasteiger partial charge in [-0.2, -0.15) is 0 Å². The zero-order valence-corrected chi connectivity index (χ0v) is 18.6. The second-order valence-corrected chi connectivity index (χ2v) is 10.1. The average Bonchev–Trinajstić information content (AvgIpc) is 2.66. The first-order valence-corrected chi connectivity index (χ1v) is 12.0. The highest BCUT2D eigenvalue weighted by molar-refractivity contribution is 7.92. The van der Waals surface area contributed by atoms with Crippen molar-refractivity contribution in [2.75, 3.05) is 18.9 Å². The standard InChI is InChI=1S/C19H24N2O7S2/c1-13(2)20-30(25,26)16-9-10-18(27-3)17(11-16)21-29(23,24)12-14-5-7-15(8-6-14)19(22)28-4/h5-11,13,20-21H,12H2,1-4H3. The Balaban J connectivity index is 2.28. The van der Waals surface area contributed by atoms with E-state index in [-0.39, 0.29) is 22.4 Å². The predicted octanol–water partition coefficient (Wildman–Crippen LogP) is 2.11. The third-order valence-electron chi connectivity index (χ3n) is 3.87. The van der Waals surface area contributed by atoms with Crippen LogP contribution in [0.15, 0.2) is 47.4 Å². The van der Waals surface area contributed by atoms with E-state index in [0.717, 1.165) is 0 Å². The monoisotopic (exact) mass is 456 g/mol. The highest BCUT2D eigenvalue weighted by Crippen LogP contribution is 2.29. The average molecular weight is 457 g/mol. The highest BCUT2D eigenvalue weighted by atomic mass is 32.2. The molecule has 0 atom stereocenters. The number of benzene rings is 2. The largest absolute Gasteiger partial charge is 0.495 e. The molecule has 0 spiro atoms. The lowest BCUT2D eigenvalue weighted by Gasteiger charge is -2.15. The van der Waals surface area contributed by atoms with Gasteiger partial charge in [0, 0.05) is 6.04 Å². The SMILES string of the molecule is COC(=O)c1ccc(CS(=O)(=O)Nc2cc(S(=O)(=O)NC(C)C)ccc2OC)cc1. The quantitative estimate of drug-likeness (QED) is 0.553. The first kappa shape index (κ1) is 23.6. The van der Waals surface area contributed by atoms with E-state index in [2.05, 4.69) is 14.2 Å². The Kier molecular flexibility index (Phi) is 7.45. The van der Waals surface area contributed by atoms with E-state index in [1.165, 1.54) is 56.7 Å². The number of hydrogen-bond donors (Lipinski definition) is 2. The van der Waals surface area contributed by atoms with Crippen LogP contribution in [0.5, 0.6) is 5.75 Å². The van der Waals surface area contributed by atoms with Crippen LogP contribution < -0.4 is 14.2 Å². The number of esters is 1. The lowest BCUT2D eigenvalue weighted by molar-refractivity contribution is 0.0600. The summed E-state index contributed by atoms with van der Waals surface area (Å²) in [4.78, 5) is 11.4. The molecule has 0 radical (unpaired) electrons. The molecule has 0 aliphatic rings. The normalized spacial score (nSPS) is 11.9. The third-order valence-corrected chi connectivity index (χ3v) is 6.77. The van der Waals surface area contributed by atoms with Crippen LogP contribution in [-0.4, -0.2) is 43.1 Å². The molecule has 2 aromatic carbocycles. The number of sulfonamides is 2. The molecule has 0 amide bonds. The summed E-state index contributed by atoms with van der Waals surface area (Å²) in [5.74, 6) is -0.748. The van der Waals surface area contributed by atoms with Gasteiger partial charge in [0.2, 0.25) is 20.0 Å². The number of hydrogen-bond acceptors (Lipinski definition) is 7. The van der Waals surface area contributed by atoms with Crippen LogP contribution in [0.2, 0.25) is 0 Å². The van der Waals surface area contributed by atoms with Crippen LogP contribution in [0, 0.1) is 0 Å². The summed E-state index contributed by atoms with van der Waals surface area (Å²) in [6.45, 7) is 3.35. The number of nitrogens with one attached hydrogen (secondary N) is 2. The number of ether oxygens (including phenoxy) is 2. The first-order valence-electron chi connectivity index (χ1n) is 8.85. The molecule has 30 heavy (non-hydrogen) atoms. The van der Waals surface area contributed by atoms with E-state index in [1.807, 2.05) is 0 Å². The van der Waals surface area contributed by atoms with Crippen molar-refractivity contribution in [3.63, 3.8) is 0 Å². The lowest BCUT2D eigenvalue weighted by atomic mass is 10.1. The molecule has 0 saturated heterocycles. The zero-order chi connectivity index (χ0) is 22.5. The van der Waals surface area contributed by atoms with Crippen molar-refractivity contribution in [1.82, 2.24) is 4.72 Å². The summed E-state index contributed by atoms with van der Waals surface area (Å²) < 4.78 is 64.6. The Hall–Kier alpha value is -2.63. The minimum Gasteiger partial charge on any atom is -0.495 e. The van der Waals surface area contributed by atoms with E-state index in [0.29, 0.717) is 11.1 Å². The number of carbonyl (C=O) groups is 1. The van der Waals surface area contributed by atoms with Crippen LogP contribution in [0.25, 0.3) is 0 Å². The van der Waals surface area contributed by atoms with E-state index in [9.17, 15) is 21.6 Å². The molecule has 11 heteroatoms. The first-order chi connectivity index (χ1) is 14.0. The summed E-state index contributed by atoms with van der Waals surface area (Å²) in [6.07, 6.45) is 0. The molecule has 2 N–H and O–H groups in total. The Morgan fingerprint density at radius 2 is 1.63 bits per heavy atom. The van der Waals surface area contributed by atoms with Gasteiger partial charge in [0.25, 0.3) is 0 Å². The van der Waals surface area contributed by atoms with Crippen molar-refractivity contribution in [3.05, 3.63) is 53.6 Å². The minimum atomic E-state index is -3.91. The zero-order valence-electron chi connectivity index (χ0n) is 17.0. The van der Waals surface area contributed by atoms with Gasteiger partial charge >= 0.3 is 5.97 Å². The fourth-order valence-electron chi connectivity index (χ4n) is 2.59. The molecule has 2 rings (SSSR count). The second kappa shape index (κ2) is 9.45. The van der Waals surface area contributed by atoms with Gasteiger partial charge in [0.15, 0.2) is 0 Å². The molecule has 0 aliphatic heterocycles. The molecule has 0 bridgehead atoms. The van der Waals surface area contributed by atoms with Gasteiger partial charge in [-0.1, -0.05) is 12.1 Å². The Morgan fingerprint density at radius 3 is 2.17 bits per heavy atom. The van der Waals surface area contributed by atoms with Crippen LogP contribution in [0.1, 0.15) is 29.8 Å². The predicted molar refractivity (Wildman–Crippen MR) is 112 cm³/mol. The van der Waals surface area contributed by atoms with Crippen LogP contribution in [0.3, 0.4) is 0 Å². The smallest absolute Gasteiger partial charge is 0.337 e. The molecule has 164 valence electrons. The summed E-state index contributed by atoms with van der Waals surface area (Å²) in [6, 6.07) is 9.48. The maximum absolute atomic E-state index is 12.6. The van der Waals surface area contributed by atoms with Gasteiger partial charge < -0.3 is 9.47 Å². The number of anilines is 1. The molecular formula is C19H24N2O7S2. The van der Waals surface area contributed by atoms with Gasteiger partial charge in [0.05, 0.1) is 36.1 Å². The molecule has 0 saturated carbocycles. The molecule has 0 aromatic heterocycles. The van der Waals surface area contributed by atoms with Gasteiger partial charge in [-0.15, -0.1) is 0 Å². The summed E-state index contributed by atoms with van der Waals surface area (Å²) in [5, 5.41) is 0. The van der Waals surface area contributed by atoms with Crippen molar-refractivity contribution >= 4 is 31.7 Å². The summed E-state index contributed by atoms with van der Waals surface area (Å²) in [5.41, 5.74) is 0.721. The fraction of sp³-hybridized carbons (Fsp3) is 0.316. The molecule has 9 nitrogen and oxygen atoms in total. The van der Waals surface area contributed by atoms with Gasteiger partial charge in [-0.05, 0) is 49.7 Å². The van der Waals surface area contributed by atoms with Crippen molar-refractivity contribution in [2.45, 2.75) is 30.5 Å². The van der Waals surface area contributed by atoms with Gasteiger partial charge in [-0.3, -0.25) is 4.72 Å². The van der Waals surface area contributed by atoms with E-state index < -0.39 is 31.8 Å². The van der Waals surface area contributed by atoms with E-state index >= 15 is 0 Å². The lowest BCUT2D eigenvalue weighted by Crippen LogP contribution is -2.30. The van der Waals surface area contributed by atoms with Crippen LogP contribution in [-0.2, 0) is 30.5 Å². The Bertz CT molecular complexity index is 1110. The molecule has 2 aromatic rings. The molecular weight excluding hydrogens is 432 g/mol. The van der Waals surface area contributed by atoms with Crippen LogP contribution in [0.4, 0.5) is 5.69 Å². The third kappa shape index (κ3) is 6.18. The minimum absolute atomic E-state index is 0.00434. The van der Waals surface area contributed by atoms with Crippen molar-refractivity contribution < 1.29 is 31.1 Å². The Labute approximate surface area is 176 Å². The van der Waals surface area contributed by atoms with E-state index in [4.69, 9.17) is 4.74 Å². The molecule has 0 fully saturated rings. The molecule has 0 heterocycles. The molecule has 0 aliphatic carbocycles. The topological polar surface area (TPSA) is 128 Å². The van der Waals surface area contributed by atoms with Crippen molar-refractivity contribution in [1.29, 1.82) is 0 Å². The van der Waals surface area contributed by atoms with Crippen molar-refractivity contribution in [3.8, 4) is 5.75 Å². The fourth-order valence-corrected chi connectivity index (χ4v) is 5.07. The maximum Gasteiger partial charge on any atom is 0.337 e. The van der Waals surface area contributed by atoms with E-state index in [1.54, 1.807) is 13.8 Å². The number of carbonyl (C=O) groups excluding carboxylic acids is 1.